The van der Waals surface area contributed by atoms with E-state index in [0.717, 1.165) is 0 Å². The number of allylic oxidation sites excluding steroid dienone is 2. The monoisotopic (exact) mass is 210 g/mol. The molecule has 1 aliphatic carbocycles. The van der Waals surface area contributed by atoms with Crippen LogP contribution < -0.4 is 0 Å². The first-order chi connectivity index (χ1) is 6.78. The number of carbonyl (C=O) groups is 2. The second-order valence-electron chi connectivity index (χ2n) is 5.02. The molecule has 1 aliphatic rings. The maximum Gasteiger partial charge on any atom is 0.320 e. The SMILES string of the molecule is CC(=O)C1(C(=O)OC(C)(C)C)CC=CC1. The predicted molar refractivity (Wildman–Crippen MR) is 57.3 cm³/mol. The smallest absolute Gasteiger partial charge is 0.320 e. The van der Waals surface area contributed by atoms with E-state index in [1.807, 2.05) is 12.2 Å². The molecule has 0 amide bonds. The molecule has 0 saturated carbocycles. The van der Waals surface area contributed by atoms with Gasteiger partial charge in [-0.05, 0) is 40.5 Å². The van der Waals surface area contributed by atoms with Crippen molar-refractivity contribution >= 4 is 11.8 Å². The van der Waals surface area contributed by atoms with Crippen LogP contribution in [0.3, 0.4) is 0 Å². The summed E-state index contributed by atoms with van der Waals surface area (Å²) in [7, 11) is 0. The van der Waals surface area contributed by atoms with Gasteiger partial charge in [0.05, 0.1) is 0 Å². The Morgan fingerprint density at radius 3 is 2.00 bits per heavy atom. The fraction of sp³-hybridized carbons (Fsp3) is 0.667. The van der Waals surface area contributed by atoms with E-state index in [4.69, 9.17) is 4.74 Å². The zero-order chi connectivity index (χ0) is 11.7. The first kappa shape index (κ1) is 12.0. The third kappa shape index (κ3) is 2.46. The molecule has 0 N–H and O–H groups in total. The third-order valence-electron chi connectivity index (χ3n) is 2.56. The molecule has 0 fully saturated rings. The molecule has 0 spiro atoms. The lowest BCUT2D eigenvalue weighted by atomic mass is 9.81. The molecule has 0 aliphatic heterocycles. The summed E-state index contributed by atoms with van der Waals surface area (Å²) < 4.78 is 5.29. The van der Waals surface area contributed by atoms with Crippen molar-refractivity contribution in [3.8, 4) is 0 Å². The van der Waals surface area contributed by atoms with Crippen molar-refractivity contribution in [1.29, 1.82) is 0 Å². The lowest BCUT2D eigenvalue weighted by molar-refractivity contribution is -0.169. The number of hydrogen-bond donors (Lipinski definition) is 0. The molecule has 0 aromatic rings. The molecule has 0 radical (unpaired) electrons. The zero-order valence-electron chi connectivity index (χ0n) is 9.79. The Labute approximate surface area is 90.5 Å². The van der Waals surface area contributed by atoms with Crippen LogP contribution in [0.1, 0.15) is 40.5 Å². The lowest BCUT2D eigenvalue weighted by Gasteiger charge is -2.29. The highest BCUT2D eigenvalue weighted by Crippen LogP contribution is 2.36. The molecule has 3 heteroatoms. The molecule has 0 bridgehead atoms. The molecule has 3 nitrogen and oxygen atoms in total. The van der Waals surface area contributed by atoms with Crippen LogP contribution >= 0.6 is 0 Å². The summed E-state index contributed by atoms with van der Waals surface area (Å²) in [5.74, 6) is -0.505. The van der Waals surface area contributed by atoms with Gasteiger partial charge >= 0.3 is 5.97 Å². The molecule has 84 valence electrons. The van der Waals surface area contributed by atoms with Gasteiger partial charge in [0.25, 0.3) is 0 Å². The standard InChI is InChI=1S/C12H18O3/c1-9(13)12(7-5-6-8-12)10(14)15-11(2,3)4/h5-6H,7-8H2,1-4H3. The highest BCUT2D eigenvalue weighted by Gasteiger charge is 2.46. The van der Waals surface area contributed by atoms with Crippen molar-refractivity contribution in [1.82, 2.24) is 0 Å². The number of Topliss-reactive ketones (excluding diaryl/α,β-unsaturated/α-hetero) is 1. The van der Waals surface area contributed by atoms with Gasteiger partial charge in [-0.2, -0.15) is 0 Å². The largest absolute Gasteiger partial charge is 0.459 e. The molecule has 0 aromatic carbocycles. The fourth-order valence-electron chi connectivity index (χ4n) is 1.63. The maximum absolute atomic E-state index is 11.9. The third-order valence-corrected chi connectivity index (χ3v) is 2.56. The Kier molecular flexibility index (Phi) is 3.03. The van der Waals surface area contributed by atoms with Gasteiger partial charge < -0.3 is 4.74 Å². The van der Waals surface area contributed by atoms with Gasteiger partial charge in [-0.1, -0.05) is 12.2 Å². The van der Waals surface area contributed by atoms with E-state index in [9.17, 15) is 9.59 Å². The van der Waals surface area contributed by atoms with Gasteiger partial charge in [0.2, 0.25) is 0 Å². The lowest BCUT2D eigenvalue weighted by Crippen LogP contribution is -2.40. The Bertz CT molecular complexity index is 299. The summed E-state index contributed by atoms with van der Waals surface area (Å²) in [6, 6.07) is 0. The van der Waals surface area contributed by atoms with Gasteiger partial charge in [-0.25, -0.2) is 0 Å². The molecular formula is C12H18O3. The van der Waals surface area contributed by atoms with Gasteiger partial charge in [0, 0.05) is 0 Å². The molecule has 1 rings (SSSR count). The van der Waals surface area contributed by atoms with Crippen LogP contribution in [0.25, 0.3) is 0 Å². The van der Waals surface area contributed by atoms with E-state index in [2.05, 4.69) is 0 Å². The van der Waals surface area contributed by atoms with Crippen molar-refractivity contribution in [3.63, 3.8) is 0 Å². The number of esters is 1. The van der Waals surface area contributed by atoms with E-state index in [1.165, 1.54) is 6.92 Å². The van der Waals surface area contributed by atoms with E-state index >= 15 is 0 Å². The average molecular weight is 210 g/mol. The van der Waals surface area contributed by atoms with Gasteiger partial charge in [0.1, 0.15) is 16.8 Å². The summed E-state index contributed by atoms with van der Waals surface area (Å²) in [6.45, 7) is 6.88. The summed E-state index contributed by atoms with van der Waals surface area (Å²) in [4.78, 5) is 23.5. The predicted octanol–water partition coefficient (Wildman–Crippen LogP) is 2.25. The molecular weight excluding hydrogens is 192 g/mol. The summed E-state index contributed by atoms with van der Waals surface area (Å²) >= 11 is 0. The van der Waals surface area contributed by atoms with Crippen LogP contribution in [0, 0.1) is 5.41 Å². The minimum Gasteiger partial charge on any atom is -0.459 e. The van der Waals surface area contributed by atoms with E-state index in [-0.39, 0.29) is 5.78 Å². The Morgan fingerprint density at radius 2 is 1.67 bits per heavy atom. The van der Waals surface area contributed by atoms with Gasteiger partial charge in [-0.3, -0.25) is 9.59 Å². The molecule has 0 heterocycles. The molecule has 0 saturated heterocycles. The number of rotatable bonds is 2. The summed E-state index contributed by atoms with van der Waals surface area (Å²) in [6.07, 6.45) is 4.67. The number of carbonyl (C=O) groups excluding carboxylic acids is 2. The Balaban J connectivity index is 2.83. The summed E-state index contributed by atoms with van der Waals surface area (Å²) in [5, 5.41) is 0. The average Bonchev–Trinajstić information content (AvgIpc) is 2.48. The second-order valence-corrected chi connectivity index (χ2v) is 5.02. The second kappa shape index (κ2) is 3.80. The molecule has 0 unspecified atom stereocenters. The van der Waals surface area contributed by atoms with E-state index in [0.29, 0.717) is 12.8 Å². The first-order valence-electron chi connectivity index (χ1n) is 5.17. The molecule has 0 atom stereocenters. The first-order valence-corrected chi connectivity index (χ1v) is 5.17. The van der Waals surface area contributed by atoms with Crippen LogP contribution in [0.4, 0.5) is 0 Å². The summed E-state index contributed by atoms with van der Waals surface area (Å²) in [5.41, 5.74) is -1.49. The van der Waals surface area contributed by atoms with E-state index < -0.39 is 17.0 Å². The quantitative estimate of drug-likeness (QED) is 0.399. The maximum atomic E-state index is 11.9. The Morgan fingerprint density at radius 1 is 1.20 bits per heavy atom. The van der Waals surface area contributed by atoms with Crippen molar-refractivity contribution in [2.24, 2.45) is 5.41 Å². The minimum absolute atomic E-state index is 0.109. The number of hydrogen-bond acceptors (Lipinski definition) is 3. The number of ketones is 1. The highest BCUT2D eigenvalue weighted by atomic mass is 16.6. The number of ether oxygens (including phenoxy) is 1. The fourth-order valence-corrected chi connectivity index (χ4v) is 1.63. The molecule has 0 aromatic heterocycles. The van der Waals surface area contributed by atoms with Gasteiger partial charge in [-0.15, -0.1) is 0 Å². The van der Waals surface area contributed by atoms with Crippen molar-refractivity contribution in [2.75, 3.05) is 0 Å². The van der Waals surface area contributed by atoms with Crippen molar-refractivity contribution in [2.45, 2.75) is 46.1 Å². The van der Waals surface area contributed by atoms with Crippen molar-refractivity contribution in [3.05, 3.63) is 12.2 Å². The van der Waals surface area contributed by atoms with E-state index in [1.54, 1.807) is 20.8 Å². The zero-order valence-corrected chi connectivity index (χ0v) is 9.79. The van der Waals surface area contributed by atoms with Crippen LogP contribution in [-0.4, -0.2) is 17.4 Å². The Hall–Kier alpha value is -1.12. The molecule has 15 heavy (non-hydrogen) atoms. The van der Waals surface area contributed by atoms with Crippen LogP contribution in [0.5, 0.6) is 0 Å². The normalized spacial score (nSPS) is 18.9. The topological polar surface area (TPSA) is 43.4 Å². The minimum atomic E-state index is -0.951. The van der Waals surface area contributed by atoms with Crippen LogP contribution in [-0.2, 0) is 14.3 Å². The van der Waals surface area contributed by atoms with Crippen LogP contribution in [0.2, 0.25) is 0 Å². The van der Waals surface area contributed by atoms with Crippen LogP contribution in [0.15, 0.2) is 12.2 Å². The van der Waals surface area contributed by atoms with Gasteiger partial charge in [0.15, 0.2) is 0 Å². The highest BCUT2D eigenvalue weighted by molar-refractivity contribution is 6.03. The van der Waals surface area contributed by atoms with Crippen molar-refractivity contribution < 1.29 is 14.3 Å².